The lowest BCUT2D eigenvalue weighted by molar-refractivity contribution is -0.128. The third kappa shape index (κ3) is 3.97. The van der Waals surface area contributed by atoms with E-state index in [9.17, 15) is 4.79 Å². The molecule has 0 bridgehead atoms. The summed E-state index contributed by atoms with van der Waals surface area (Å²) in [6.07, 6.45) is 2.28. The van der Waals surface area contributed by atoms with Crippen LogP contribution in [0.1, 0.15) is 33.1 Å². The maximum atomic E-state index is 12.2. The summed E-state index contributed by atoms with van der Waals surface area (Å²) >= 11 is 0. The molecule has 0 spiro atoms. The predicted octanol–water partition coefficient (Wildman–Crippen LogP) is 3.91. The summed E-state index contributed by atoms with van der Waals surface area (Å²) in [5.41, 5.74) is 0. The average Bonchev–Trinajstić information content (AvgIpc) is 2.52. The SMILES string of the molecule is CCCCNC(=O)[C@H](CC)Oc1cccc2ccccc12. The maximum Gasteiger partial charge on any atom is 0.261 e. The van der Waals surface area contributed by atoms with Gasteiger partial charge in [0.1, 0.15) is 5.75 Å². The Morgan fingerprint density at radius 3 is 2.67 bits per heavy atom. The van der Waals surface area contributed by atoms with Gasteiger partial charge < -0.3 is 10.1 Å². The van der Waals surface area contributed by atoms with Crippen LogP contribution in [0.4, 0.5) is 0 Å². The van der Waals surface area contributed by atoms with Gasteiger partial charge in [-0.25, -0.2) is 0 Å². The van der Waals surface area contributed by atoms with Crippen LogP contribution in [0.2, 0.25) is 0 Å². The van der Waals surface area contributed by atoms with Crippen molar-refractivity contribution in [2.24, 2.45) is 0 Å². The van der Waals surface area contributed by atoms with Crippen LogP contribution in [-0.2, 0) is 4.79 Å². The van der Waals surface area contributed by atoms with E-state index in [1.165, 1.54) is 0 Å². The van der Waals surface area contributed by atoms with Gasteiger partial charge in [0, 0.05) is 11.9 Å². The van der Waals surface area contributed by atoms with Crippen molar-refractivity contribution in [3.63, 3.8) is 0 Å². The molecule has 2 aromatic carbocycles. The minimum atomic E-state index is -0.437. The van der Waals surface area contributed by atoms with Crippen molar-refractivity contribution in [3.05, 3.63) is 42.5 Å². The van der Waals surface area contributed by atoms with E-state index in [4.69, 9.17) is 4.74 Å². The van der Waals surface area contributed by atoms with Gasteiger partial charge in [0.2, 0.25) is 0 Å². The van der Waals surface area contributed by atoms with E-state index < -0.39 is 6.10 Å². The van der Waals surface area contributed by atoms with Crippen molar-refractivity contribution >= 4 is 16.7 Å². The van der Waals surface area contributed by atoms with E-state index >= 15 is 0 Å². The molecule has 0 unspecified atom stereocenters. The second-order valence-electron chi connectivity index (χ2n) is 5.14. The van der Waals surface area contributed by atoms with Crippen LogP contribution in [0.5, 0.6) is 5.75 Å². The van der Waals surface area contributed by atoms with Crippen LogP contribution in [0.3, 0.4) is 0 Å². The molecule has 3 nitrogen and oxygen atoms in total. The molecule has 0 aliphatic carbocycles. The topological polar surface area (TPSA) is 38.3 Å². The summed E-state index contributed by atoms with van der Waals surface area (Å²) in [7, 11) is 0. The summed E-state index contributed by atoms with van der Waals surface area (Å²) in [6, 6.07) is 14.0. The maximum absolute atomic E-state index is 12.2. The smallest absolute Gasteiger partial charge is 0.261 e. The highest BCUT2D eigenvalue weighted by Crippen LogP contribution is 2.26. The zero-order chi connectivity index (χ0) is 15.1. The second kappa shape index (κ2) is 7.67. The van der Waals surface area contributed by atoms with Gasteiger partial charge >= 0.3 is 0 Å². The van der Waals surface area contributed by atoms with Crippen molar-refractivity contribution < 1.29 is 9.53 Å². The zero-order valence-corrected chi connectivity index (χ0v) is 12.8. The molecule has 0 saturated carbocycles. The highest BCUT2D eigenvalue weighted by Gasteiger charge is 2.18. The van der Waals surface area contributed by atoms with E-state index in [-0.39, 0.29) is 5.91 Å². The van der Waals surface area contributed by atoms with Crippen molar-refractivity contribution in [2.45, 2.75) is 39.2 Å². The molecule has 1 amide bonds. The number of carbonyl (C=O) groups is 1. The van der Waals surface area contributed by atoms with E-state index in [1.54, 1.807) is 0 Å². The number of unbranched alkanes of at least 4 members (excludes halogenated alkanes) is 1. The van der Waals surface area contributed by atoms with Crippen LogP contribution >= 0.6 is 0 Å². The Hall–Kier alpha value is -2.03. The Balaban J connectivity index is 2.11. The van der Waals surface area contributed by atoms with Gasteiger partial charge in [0.05, 0.1) is 0 Å². The molecule has 0 fully saturated rings. The Morgan fingerprint density at radius 1 is 1.14 bits per heavy atom. The molecule has 1 atom stereocenters. The van der Waals surface area contributed by atoms with Crippen LogP contribution < -0.4 is 10.1 Å². The first-order valence-electron chi connectivity index (χ1n) is 7.68. The standard InChI is InChI=1S/C18H23NO2/c1-3-5-13-19-18(20)16(4-2)21-17-12-8-10-14-9-6-7-11-15(14)17/h6-12,16H,3-5,13H2,1-2H3,(H,19,20)/t16-/m0/s1. The monoisotopic (exact) mass is 285 g/mol. The molecule has 0 radical (unpaired) electrons. The van der Waals surface area contributed by atoms with Gasteiger partial charge in [-0.1, -0.05) is 56.7 Å². The molecule has 0 aliphatic rings. The molecule has 0 aromatic heterocycles. The van der Waals surface area contributed by atoms with Crippen molar-refractivity contribution in [3.8, 4) is 5.75 Å². The lowest BCUT2D eigenvalue weighted by Gasteiger charge is -2.18. The van der Waals surface area contributed by atoms with Gasteiger partial charge in [0.25, 0.3) is 5.91 Å². The zero-order valence-electron chi connectivity index (χ0n) is 12.8. The molecule has 2 rings (SSSR count). The van der Waals surface area contributed by atoms with E-state index in [2.05, 4.69) is 12.2 Å². The third-order valence-electron chi connectivity index (χ3n) is 3.51. The molecule has 0 saturated heterocycles. The largest absolute Gasteiger partial charge is 0.480 e. The minimum Gasteiger partial charge on any atom is -0.480 e. The quantitative estimate of drug-likeness (QED) is 0.783. The van der Waals surface area contributed by atoms with Crippen LogP contribution in [0, 0.1) is 0 Å². The number of rotatable bonds is 7. The normalized spacial score (nSPS) is 12.1. The number of carbonyl (C=O) groups excluding carboxylic acids is 1. The van der Waals surface area contributed by atoms with Crippen LogP contribution in [0.15, 0.2) is 42.5 Å². The van der Waals surface area contributed by atoms with Crippen molar-refractivity contribution in [2.75, 3.05) is 6.54 Å². The summed E-state index contributed by atoms with van der Waals surface area (Å²) < 4.78 is 5.96. The summed E-state index contributed by atoms with van der Waals surface area (Å²) in [5.74, 6) is 0.740. The Morgan fingerprint density at radius 2 is 1.90 bits per heavy atom. The first-order chi connectivity index (χ1) is 10.3. The molecule has 0 aliphatic heterocycles. The number of hydrogen-bond donors (Lipinski definition) is 1. The second-order valence-corrected chi connectivity index (χ2v) is 5.14. The van der Waals surface area contributed by atoms with Gasteiger partial charge in [-0.3, -0.25) is 4.79 Å². The molecule has 3 heteroatoms. The number of nitrogens with one attached hydrogen (secondary N) is 1. The lowest BCUT2D eigenvalue weighted by atomic mass is 10.1. The van der Waals surface area contributed by atoms with Crippen LogP contribution in [0.25, 0.3) is 10.8 Å². The van der Waals surface area contributed by atoms with Crippen molar-refractivity contribution in [1.82, 2.24) is 5.32 Å². The molecule has 21 heavy (non-hydrogen) atoms. The molecule has 112 valence electrons. The summed E-state index contributed by atoms with van der Waals surface area (Å²) in [4.78, 5) is 12.2. The first-order valence-corrected chi connectivity index (χ1v) is 7.68. The number of hydrogen-bond acceptors (Lipinski definition) is 2. The van der Waals surface area contributed by atoms with E-state index in [1.807, 2.05) is 49.4 Å². The number of amides is 1. The number of ether oxygens (including phenoxy) is 1. The van der Waals surface area contributed by atoms with E-state index in [0.29, 0.717) is 13.0 Å². The Kier molecular flexibility index (Phi) is 5.61. The first kappa shape index (κ1) is 15.4. The predicted molar refractivity (Wildman–Crippen MR) is 86.6 cm³/mol. The molecular weight excluding hydrogens is 262 g/mol. The number of benzene rings is 2. The van der Waals surface area contributed by atoms with E-state index in [0.717, 1.165) is 29.4 Å². The molecule has 1 N–H and O–H groups in total. The van der Waals surface area contributed by atoms with Gasteiger partial charge in [-0.05, 0) is 24.3 Å². The Bertz CT molecular complexity index is 589. The number of fused-ring (bicyclic) bond motifs is 1. The van der Waals surface area contributed by atoms with Gasteiger partial charge in [-0.15, -0.1) is 0 Å². The molecular formula is C18H23NO2. The summed E-state index contributed by atoms with van der Waals surface area (Å²) in [6.45, 7) is 4.79. The average molecular weight is 285 g/mol. The third-order valence-corrected chi connectivity index (χ3v) is 3.51. The summed E-state index contributed by atoms with van der Waals surface area (Å²) in [5, 5.41) is 5.10. The lowest BCUT2D eigenvalue weighted by Crippen LogP contribution is -2.38. The Labute approximate surface area is 126 Å². The van der Waals surface area contributed by atoms with Gasteiger partial charge in [0.15, 0.2) is 6.10 Å². The fraction of sp³-hybridized carbons (Fsp3) is 0.389. The molecule has 2 aromatic rings. The van der Waals surface area contributed by atoms with Crippen molar-refractivity contribution in [1.29, 1.82) is 0 Å². The minimum absolute atomic E-state index is 0.0288. The highest BCUT2D eigenvalue weighted by atomic mass is 16.5. The fourth-order valence-corrected chi connectivity index (χ4v) is 2.28. The van der Waals surface area contributed by atoms with Crippen LogP contribution in [-0.4, -0.2) is 18.6 Å². The fourth-order valence-electron chi connectivity index (χ4n) is 2.28. The van der Waals surface area contributed by atoms with Gasteiger partial charge in [-0.2, -0.15) is 0 Å². The molecule has 0 heterocycles. The highest BCUT2D eigenvalue weighted by molar-refractivity contribution is 5.89.